The minimum atomic E-state index is -0.301. The third kappa shape index (κ3) is 3.23. The van der Waals surface area contributed by atoms with E-state index in [-0.39, 0.29) is 5.91 Å². The Morgan fingerprint density at radius 3 is 2.79 bits per heavy atom. The predicted octanol–water partition coefficient (Wildman–Crippen LogP) is 3.40. The lowest BCUT2D eigenvalue weighted by molar-refractivity contribution is 0.102. The van der Waals surface area contributed by atoms with Crippen LogP contribution in [0.15, 0.2) is 48.8 Å². The number of amides is 1. The van der Waals surface area contributed by atoms with Gasteiger partial charge in [0.15, 0.2) is 5.69 Å². The van der Waals surface area contributed by atoms with Crippen LogP contribution in [-0.4, -0.2) is 27.8 Å². The minimum absolute atomic E-state index is 0.301. The largest absolute Gasteiger partial charge is 0.495 e. The first kappa shape index (κ1) is 16.0. The molecule has 0 spiro atoms. The Morgan fingerprint density at radius 2 is 2.12 bits per heavy atom. The molecule has 1 aromatic carbocycles. The van der Waals surface area contributed by atoms with E-state index >= 15 is 0 Å². The minimum Gasteiger partial charge on any atom is -0.495 e. The molecule has 0 saturated carbocycles. The maximum absolute atomic E-state index is 12.3. The zero-order valence-electron chi connectivity index (χ0n) is 13.2. The van der Waals surface area contributed by atoms with Gasteiger partial charge < -0.3 is 10.1 Å². The number of carbonyl (C=O) groups is 1. The van der Waals surface area contributed by atoms with Crippen LogP contribution in [0.1, 0.15) is 10.5 Å². The number of halogens is 1. The third-order valence-electron chi connectivity index (χ3n) is 3.48. The molecule has 2 aromatic heterocycles. The van der Waals surface area contributed by atoms with Gasteiger partial charge in [-0.2, -0.15) is 5.10 Å². The van der Waals surface area contributed by atoms with E-state index in [1.807, 2.05) is 6.07 Å². The average molecular weight is 343 g/mol. The predicted molar refractivity (Wildman–Crippen MR) is 92.4 cm³/mol. The summed E-state index contributed by atoms with van der Waals surface area (Å²) < 4.78 is 6.79. The number of anilines is 1. The molecule has 1 N–H and O–H groups in total. The van der Waals surface area contributed by atoms with Crippen molar-refractivity contribution in [3.8, 4) is 17.0 Å². The van der Waals surface area contributed by atoms with Gasteiger partial charge in [0.05, 0.1) is 29.7 Å². The summed E-state index contributed by atoms with van der Waals surface area (Å²) in [5, 5.41) is 7.52. The highest BCUT2D eigenvalue weighted by molar-refractivity contribution is 6.32. The number of benzene rings is 1. The monoisotopic (exact) mass is 342 g/mol. The summed E-state index contributed by atoms with van der Waals surface area (Å²) in [6.07, 6.45) is 3.22. The van der Waals surface area contributed by atoms with Crippen molar-refractivity contribution in [1.29, 1.82) is 0 Å². The van der Waals surface area contributed by atoms with Crippen LogP contribution in [0.2, 0.25) is 5.02 Å². The molecular formula is C17H15ClN4O2. The molecule has 1 amide bonds. The molecule has 0 bridgehead atoms. The summed E-state index contributed by atoms with van der Waals surface area (Å²) >= 11 is 6.17. The molecule has 0 saturated heterocycles. The number of hydrogen-bond acceptors (Lipinski definition) is 4. The molecule has 2 heterocycles. The van der Waals surface area contributed by atoms with Crippen LogP contribution < -0.4 is 10.1 Å². The van der Waals surface area contributed by atoms with Gasteiger partial charge in [0, 0.05) is 18.8 Å². The number of ether oxygens (including phenoxy) is 1. The number of methoxy groups -OCH3 is 1. The fourth-order valence-corrected chi connectivity index (χ4v) is 2.56. The van der Waals surface area contributed by atoms with E-state index in [0.717, 1.165) is 11.3 Å². The molecule has 6 nitrogen and oxygen atoms in total. The standard InChI is InChI=1S/C17H15ClN4O2/c1-22-15(11-5-6-16(24-2)13(18)8-11)9-14(21-22)17(23)20-12-4-3-7-19-10-12/h3-10H,1-2H3,(H,20,23). The molecule has 0 aliphatic rings. The van der Waals surface area contributed by atoms with Crippen molar-refractivity contribution >= 4 is 23.2 Å². The second-order valence-corrected chi connectivity index (χ2v) is 5.49. The first-order chi connectivity index (χ1) is 11.6. The second kappa shape index (κ2) is 6.72. The SMILES string of the molecule is COc1ccc(-c2cc(C(=O)Nc3cccnc3)nn2C)cc1Cl. The van der Waals surface area contributed by atoms with E-state index in [2.05, 4.69) is 15.4 Å². The summed E-state index contributed by atoms with van der Waals surface area (Å²) in [5.41, 5.74) is 2.54. The molecule has 0 unspecified atom stereocenters. The van der Waals surface area contributed by atoms with Gasteiger partial charge in [-0.25, -0.2) is 0 Å². The van der Waals surface area contributed by atoms with Crippen LogP contribution in [0.4, 0.5) is 5.69 Å². The highest BCUT2D eigenvalue weighted by Crippen LogP contribution is 2.30. The zero-order chi connectivity index (χ0) is 17.1. The Labute approximate surface area is 144 Å². The van der Waals surface area contributed by atoms with Gasteiger partial charge in [0.1, 0.15) is 5.75 Å². The van der Waals surface area contributed by atoms with Crippen LogP contribution in [-0.2, 0) is 7.05 Å². The van der Waals surface area contributed by atoms with Gasteiger partial charge in [-0.3, -0.25) is 14.5 Å². The molecule has 0 aliphatic carbocycles. The molecule has 3 aromatic rings. The van der Waals surface area contributed by atoms with Gasteiger partial charge in [0.25, 0.3) is 5.91 Å². The number of carbonyl (C=O) groups excluding carboxylic acids is 1. The number of aromatic nitrogens is 3. The molecule has 122 valence electrons. The number of nitrogens with one attached hydrogen (secondary N) is 1. The van der Waals surface area contributed by atoms with E-state index in [4.69, 9.17) is 16.3 Å². The fourth-order valence-electron chi connectivity index (χ4n) is 2.31. The molecule has 0 fully saturated rings. The van der Waals surface area contributed by atoms with Crippen molar-refractivity contribution in [1.82, 2.24) is 14.8 Å². The number of hydrogen-bond donors (Lipinski definition) is 1. The smallest absolute Gasteiger partial charge is 0.276 e. The van der Waals surface area contributed by atoms with Crippen LogP contribution in [0.3, 0.4) is 0 Å². The Morgan fingerprint density at radius 1 is 1.29 bits per heavy atom. The number of nitrogens with zero attached hydrogens (tertiary/aromatic N) is 3. The summed E-state index contributed by atoms with van der Waals surface area (Å²) in [5.74, 6) is 0.293. The van der Waals surface area contributed by atoms with E-state index in [9.17, 15) is 4.79 Å². The van der Waals surface area contributed by atoms with Crippen molar-refractivity contribution in [3.63, 3.8) is 0 Å². The second-order valence-electron chi connectivity index (χ2n) is 5.08. The lowest BCUT2D eigenvalue weighted by atomic mass is 10.1. The molecule has 24 heavy (non-hydrogen) atoms. The molecule has 0 radical (unpaired) electrons. The molecule has 7 heteroatoms. The van der Waals surface area contributed by atoms with E-state index < -0.39 is 0 Å². The molecule has 0 aliphatic heterocycles. The highest BCUT2D eigenvalue weighted by atomic mass is 35.5. The first-order valence-corrected chi connectivity index (χ1v) is 7.55. The van der Waals surface area contributed by atoms with Gasteiger partial charge in [-0.1, -0.05) is 11.6 Å². The summed E-state index contributed by atoms with van der Waals surface area (Å²) in [6, 6.07) is 10.6. The highest BCUT2D eigenvalue weighted by Gasteiger charge is 2.15. The van der Waals surface area contributed by atoms with Gasteiger partial charge in [-0.05, 0) is 36.4 Å². The van der Waals surface area contributed by atoms with Crippen molar-refractivity contribution < 1.29 is 9.53 Å². The Kier molecular flexibility index (Phi) is 4.48. The summed E-state index contributed by atoms with van der Waals surface area (Å²) in [6.45, 7) is 0. The Balaban J connectivity index is 1.87. The van der Waals surface area contributed by atoms with E-state index in [0.29, 0.717) is 22.2 Å². The number of rotatable bonds is 4. The maximum atomic E-state index is 12.3. The molecule has 0 atom stereocenters. The average Bonchev–Trinajstić information content (AvgIpc) is 2.98. The van der Waals surface area contributed by atoms with Crippen LogP contribution >= 0.6 is 11.6 Å². The van der Waals surface area contributed by atoms with Gasteiger partial charge in [0.2, 0.25) is 0 Å². The summed E-state index contributed by atoms with van der Waals surface area (Å²) in [7, 11) is 3.33. The van der Waals surface area contributed by atoms with Crippen LogP contribution in [0.5, 0.6) is 5.75 Å². The van der Waals surface area contributed by atoms with E-state index in [1.54, 1.807) is 61.6 Å². The molecule has 3 rings (SSSR count). The Hall–Kier alpha value is -2.86. The van der Waals surface area contributed by atoms with Crippen molar-refractivity contribution in [2.45, 2.75) is 0 Å². The van der Waals surface area contributed by atoms with E-state index in [1.165, 1.54) is 0 Å². The van der Waals surface area contributed by atoms with Crippen molar-refractivity contribution in [3.05, 3.63) is 59.5 Å². The zero-order valence-corrected chi connectivity index (χ0v) is 13.9. The lowest BCUT2D eigenvalue weighted by Crippen LogP contribution is -2.13. The summed E-state index contributed by atoms with van der Waals surface area (Å²) in [4.78, 5) is 16.3. The first-order valence-electron chi connectivity index (χ1n) is 7.18. The van der Waals surface area contributed by atoms with Gasteiger partial charge >= 0.3 is 0 Å². The normalized spacial score (nSPS) is 10.5. The number of aryl methyl sites for hydroxylation is 1. The molecular weight excluding hydrogens is 328 g/mol. The lowest BCUT2D eigenvalue weighted by Gasteiger charge is -2.06. The van der Waals surface area contributed by atoms with Crippen molar-refractivity contribution in [2.24, 2.45) is 7.05 Å². The topological polar surface area (TPSA) is 69.0 Å². The third-order valence-corrected chi connectivity index (χ3v) is 3.77. The fraction of sp³-hybridized carbons (Fsp3) is 0.118. The Bertz CT molecular complexity index is 878. The van der Waals surface area contributed by atoms with Gasteiger partial charge in [-0.15, -0.1) is 0 Å². The van der Waals surface area contributed by atoms with Crippen LogP contribution in [0, 0.1) is 0 Å². The van der Waals surface area contributed by atoms with Crippen molar-refractivity contribution in [2.75, 3.05) is 12.4 Å². The number of pyridine rings is 1. The quantitative estimate of drug-likeness (QED) is 0.789. The maximum Gasteiger partial charge on any atom is 0.276 e. The van der Waals surface area contributed by atoms with Crippen LogP contribution in [0.25, 0.3) is 11.3 Å².